The van der Waals surface area contributed by atoms with Gasteiger partial charge in [0.2, 0.25) is 6.33 Å². The van der Waals surface area contributed by atoms with Crippen LogP contribution in [0.25, 0.3) is 11.0 Å². The first kappa shape index (κ1) is 20.8. The van der Waals surface area contributed by atoms with Crippen LogP contribution in [0.1, 0.15) is 0 Å². The molecule has 10 heteroatoms. The van der Waals surface area contributed by atoms with E-state index >= 15 is 0 Å². The van der Waals surface area contributed by atoms with Crippen LogP contribution in [0.4, 0.5) is 0 Å². The zero-order valence-electron chi connectivity index (χ0n) is 10.6. The van der Waals surface area contributed by atoms with Gasteiger partial charge in [-0.3, -0.25) is 0 Å². The van der Waals surface area contributed by atoms with Gasteiger partial charge < -0.3 is 36.2 Å². The number of aromatic amines is 2. The molecule has 9 N–H and O–H groups in total. The highest BCUT2D eigenvalue weighted by Crippen LogP contribution is 2.01. The number of aromatic nitrogens is 2. The smallest absolute Gasteiger partial charge is 0.335 e. The van der Waals surface area contributed by atoms with Crippen molar-refractivity contribution in [3.8, 4) is 0 Å². The van der Waals surface area contributed by atoms with E-state index in [0.717, 1.165) is 11.0 Å². The maximum Gasteiger partial charge on any atom is 0.335 e. The van der Waals surface area contributed by atoms with E-state index in [9.17, 15) is 14.7 Å². The second-order valence-electron chi connectivity index (χ2n) is 3.53. The second-order valence-corrected chi connectivity index (χ2v) is 3.53. The highest BCUT2D eigenvalue weighted by molar-refractivity contribution is 5.82. The molecule has 0 saturated heterocycles. The first-order chi connectivity index (χ1) is 8.93. The summed E-state index contributed by atoms with van der Waals surface area (Å²) >= 11 is 0. The Bertz CT molecular complexity index is 522. The lowest BCUT2D eigenvalue weighted by Crippen LogP contribution is -2.46. The molecule has 21 heavy (non-hydrogen) atoms. The number of carboxylic acids is 2. The zero-order chi connectivity index (χ0) is 14.4. The Kier molecular flexibility index (Phi) is 9.29. The van der Waals surface area contributed by atoms with E-state index in [2.05, 4.69) is 9.97 Å². The summed E-state index contributed by atoms with van der Waals surface area (Å²) in [5.41, 5.74) is 2.30. The molecule has 0 unspecified atom stereocenters. The summed E-state index contributed by atoms with van der Waals surface area (Å²) in [5.74, 6) is -3.83. The highest BCUT2D eigenvalue weighted by Gasteiger charge is 2.23. The van der Waals surface area contributed by atoms with Crippen molar-refractivity contribution in [1.29, 1.82) is 0 Å². The molecule has 118 valence electrons. The Morgan fingerprint density at radius 1 is 1.14 bits per heavy atom. The van der Waals surface area contributed by atoms with Crippen molar-refractivity contribution in [2.45, 2.75) is 12.2 Å². The third kappa shape index (κ3) is 5.97. The fourth-order valence-corrected chi connectivity index (χ4v) is 1.19. The van der Waals surface area contributed by atoms with Crippen LogP contribution in [0.2, 0.25) is 0 Å². The number of benzene rings is 1. The minimum absolute atomic E-state index is 0. The van der Waals surface area contributed by atoms with Gasteiger partial charge >= 0.3 is 5.97 Å². The van der Waals surface area contributed by atoms with Crippen molar-refractivity contribution in [3.63, 3.8) is 0 Å². The number of aliphatic hydroxyl groups excluding tert-OH is 2. The summed E-state index contributed by atoms with van der Waals surface area (Å²) in [6, 6.07) is 8.08. The fraction of sp³-hybridized carbons (Fsp3) is 0.182. The molecular formula is C11H16N2O8. The van der Waals surface area contributed by atoms with Crippen LogP contribution in [-0.4, -0.2) is 55.4 Å². The molecule has 10 nitrogen and oxygen atoms in total. The first-order valence-corrected chi connectivity index (χ1v) is 5.17. The summed E-state index contributed by atoms with van der Waals surface area (Å²) < 4.78 is 0. The van der Waals surface area contributed by atoms with Crippen LogP contribution in [0, 0.1) is 0 Å². The summed E-state index contributed by atoms with van der Waals surface area (Å²) in [6.45, 7) is 0. The lowest BCUT2D eigenvalue weighted by atomic mass is 10.2. The van der Waals surface area contributed by atoms with Gasteiger partial charge in [0.25, 0.3) is 0 Å². The molecule has 2 aromatic rings. The van der Waals surface area contributed by atoms with E-state index in [1.807, 2.05) is 30.6 Å². The van der Waals surface area contributed by atoms with Gasteiger partial charge in [0.1, 0.15) is 6.10 Å². The summed E-state index contributed by atoms with van der Waals surface area (Å²) in [7, 11) is 0. The van der Waals surface area contributed by atoms with Crippen molar-refractivity contribution in [1.82, 2.24) is 4.98 Å². The van der Waals surface area contributed by atoms with Gasteiger partial charge in [0.05, 0.1) is 5.97 Å². The van der Waals surface area contributed by atoms with E-state index in [-0.39, 0.29) is 11.0 Å². The molecule has 1 aromatic heterocycles. The number of hydrogen-bond acceptors (Lipinski definition) is 5. The predicted octanol–water partition coefficient (Wildman–Crippen LogP) is -4.12. The van der Waals surface area contributed by atoms with Crippen molar-refractivity contribution in [2.24, 2.45) is 0 Å². The number of H-pyrrole nitrogens is 2. The SMILES string of the molecule is O.O.O=C([O-])[C@@H](O)[C@H](O)C(=O)O.c1ccc2[nH+]c[nH]c2c1. The van der Waals surface area contributed by atoms with Gasteiger partial charge in [-0.05, 0) is 12.1 Å². The zero-order valence-corrected chi connectivity index (χ0v) is 10.6. The summed E-state index contributed by atoms with van der Waals surface area (Å²) in [5, 5.41) is 34.1. The van der Waals surface area contributed by atoms with E-state index in [4.69, 9.17) is 15.3 Å². The van der Waals surface area contributed by atoms with Crippen LogP contribution < -0.4 is 10.1 Å². The van der Waals surface area contributed by atoms with Crippen molar-refractivity contribution < 1.29 is 46.0 Å². The Morgan fingerprint density at radius 3 is 2.14 bits per heavy atom. The molecule has 1 heterocycles. The summed E-state index contributed by atoms with van der Waals surface area (Å²) in [6.07, 6.45) is -2.88. The van der Waals surface area contributed by atoms with Crippen molar-refractivity contribution in [3.05, 3.63) is 30.6 Å². The minimum atomic E-state index is -2.38. The molecule has 0 bridgehead atoms. The molecule has 1 aromatic carbocycles. The number of carboxylic acid groups (broad SMARTS) is 2. The largest absolute Gasteiger partial charge is 0.547 e. The normalized spacial score (nSPS) is 11.9. The van der Waals surface area contributed by atoms with Crippen molar-refractivity contribution in [2.75, 3.05) is 0 Å². The number of fused-ring (bicyclic) bond motifs is 1. The van der Waals surface area contributed by atoms with Crippen LogP contribution in [-0.2, 0) is 9.59 Å². The molecule has 0 fully saturated rings. The third-order valence-electron chi connectivity index (χ3n) is 2.18. The van der Waals surface area contributed by atoms with Crippen LogP contribution in [0.5, 0.6) is 0 Å². The molecule has 0 aliphatic rings. The molecule has 2 rings (SSSR count). The predicted molar refractivity (Wildman–Crippen MR) is 66.7 cm³/mol. The van der Waals surface area contributed by atoms with Crippen LogP contribution >= 0.6 is 0 Å². The third-order valence-corrected chi connectivity index (χ3v) is 2.18. The maximum absolute atomic E-state index is 9.74. The Morgan fingerprint density at radius 2 is 1.71 bits per heavy atom. The fourth-order valence-electron chi connectivity index (χ4n) is 1.19. The number of rotatable bonds is 3. The van der Waals surface area contributed by atoms with Gasteiger partial charge in [0.15, 0.2) is 17.1 Å². The lowest BCUT2D eigenvalue weighted by molar-refractivity contribution is -0.344. The standard InChI is InChI=1S/C7H6N2.C4H6O6.2H2O/c1-2-4-7-6(3-1)8-5-9-7;5-1(3(7)8)2(6)4(9)10;;/h1-5H,(H,8,9);1-2,5-6H,(H,7,8)(H,9,10);2*1H2/t;1-,2-;;/m.0../s1. The Hall–Kier alpha value is -2.53. The van der Waals surface area contributed by atoms with E-state index in [0.29, 0.717) is 0 Å². The van der Waals surface area contributed by atoms with E-state index in [1.165, 1.54) is 0 Å². The Balaban J connectivity index is 0. The number of carbonyl (C=O) groups is 2. The average Bonchev–Trinajstić information content (AvgIpc) is 2.85. The average molecular weight is 304 g/mol. The molecule has 0 spiro atoms. The molecular weight excluding hydrogens is 288 g/mol. The van der Waals surface area contributed by atoms with Crippen molar-refractivity contribution >= 4 is 23.0 Å². The van der Waals surface area contributed by atoms with E-state index < -0.39 is 24.1 Å². The number of nitrogens with one attached hydrogen (secondary N) is 2. The highest BCUT2D eigenvalue weighted by atomic mass is 16.4. The second kappa shape index (κ2) is 9.39. The number of aliphatic carboxylic acids is 2. The Labute approximate surface area is 117 Å². The number of imidazole rings is 1. The number of aliphatic hydroxyl groups is 2. The van der Waals surface area contributed by atoms with Crippen LogP contribution in [0.15, 0.2) is 30.6 Å². The molecule has 0 saturated carbocycles. The first-order valence-electron chi connectivity index (χ1n) is 5.17. The van der Waals surface area contributed by atoms with Gasteiger partial charge in [-0.2, -0.15) is 0 Å². The molecule has 0 aliphatic heterocycles. The number of hydrogen-bond donors (Lipinski definition) is 4. The lowest BCUT2D eigenvalue weighted by Gasteiger charge is -2.13. The monoisotopic (exact) mass is 304 g/mol. The summed E-state index contributed by atoms with van der Waals surface area (Å²) in [4.78, 5) is 25.5. The van der Waals surface area contributed by atoms with Gasteiger partial charge in [0, 0.05) is 0 Å². The quantitative estimate of drug-likeness (QED) is 0.441. The van der Waals surface area contributed by atoms with Crippen LogP contribution in [0.3, 0.4) is 0 Å². The van der Waals surface area contributed by atoms with Gasteiger partial charge in [-0.1, -0.05) is 12.1 Å². The maximum atomic E-state index is 9.74. The number of carbonyl (C=O) groups excluding carboxylic acids is 1. The molecule has 0 radical (unpaired) electrons. The molecule has 0 amide bonds. The topological polar surface area (TPSA) is 211 Å². The molecule has 2 atom stereocenters. The number of para-hydroxylation sites is 2. The molecule has 0 aliphatic carbocycles. The van der Waals surface area contributed by atoms with Gasteiger partial charge in [-0.15, -0.1) is 0 Å². The minimum Gasteiger partial charge on any atom is -0.547 e. The van der Waals surface area contributed by atoms with E-state index in [1.54, 1.807) is 0 Å². The van der Waals surface area contributed by atoms with Gasteiger partial charge in [-0.25, -0.2) is 14.8 Å².